The average Bonchev–Trinajstić information content (AvgIpc) is 2.47. The maximum Gasteiger partial charge on any atom is 0.433 e. The van der Waals surface area contributed by atoms with Gasteiger partial charge in [-0.1, -0.05) is 6.92 Å². The second-order valence-electron chi connectivity index (χ2n) is 5.40. The maximum atomic E-state index is 12.9. The number of alkyl halides is 3. The van der Waals surface area contributed by atoms with Crippen molar-refractivity contribution in [3.8, 4) is 0 Å². The van der Waals surface area contributed by atoms with E-state index in [9.17, 15) is 27.7 Å². The zero-order chi connectivity index (χ0) is 17.0. The lowest BCUT2D eigenvalue weighted by Gasteiger charge is -2.32. The first-order valence-electron chi connectivity index (χ1n) is 6.58. The first kappa shape index (κ1) is 18.0. The fourth-order valence-electron chi connectivity index (χ4n) is 2.36. The van der Waals surface area contributed by atoms with E-state index < -0.39 is 34.8 Å². The largest absolute Gasteiger partial charge is 0.433 e. The van der Waals surface area contributed by atoms with Crippen LogP contribution in [0.5, 0.6) is 0 Å². The fourth-order valence-corrected chi connectivity index (χ4v) is 2.36. The van der Waals surface area contributed by atoms with Crippen molar-refractivity contribution in [2.45, 2.75) is 44.8 Å². The lowest BCUT2D eigenvalue weighted by atomic mass is 9.73. The number of carbonyl (C=O) groups excluding carboxylic acids is 2. The molecule has 1 saturated carbocycles. The summed E-state index contributed by atoms with van der Waals surface area (Å²) < 4.78 is 38.8. The van der Waals surface area contributed by atoms with Gasteiger partial charge in [0.1, 0.15) is 0 Å². The highest BCUT2D eigenvalue weighted by molar-refractivity contribution is 6.17. The molecule has 0 aromatic carbocycles. The number of rotatable bonds is 4. The van der Waals surface area contributed by atoms with Gasteiger partial charge in [0.25, 0.3) is 5.91 Å². The molecular formula is C13H16F3N3O3. The lowest BCUT2D eigenvalue weighted by Crippen LogP contribution is -2.34. The molecule has 0 aromatic heterocycles. The van der Waals surface area contributed by atoms with Crippen LogP contribution in [0, 0.1) is 10.3 Å². The highest BCUT2D eigenvalue weighted by atomic mass is 19.4. The Balaban J connectivity index is 2.95. The van der Waals surface area contributed by atoms with Gasteiger partial charge < -0.3 is 5.73 Å². The topological polar surface area (TPSA) is 102 Å². The minimum absolute atomic E-state index is 0.000890. The Labute approximate surface area is 124 Å². The quantitative estimate of drug-likeness (QED) is 0.371. The normalized spacial score (nSPS) is 27.4. The van der Waals surface area contributed by atoms with Crippen molar-refractivity contribution in [2.75, 3.05) is 0 Å². The van der Waals surface area contributed by atoms with Crippen molar-refractivity contribution in [3.05, 3.63) is 16.7 Å². The predicted octanol–water partition coefficient (Wildman–Crippen LogP) is 2.27. The number of allylic oxidation sites excluding steroid dienone is 1. The molecule has 9 heteroatoms. The van der Waals surface area contributed by atoms with Gasteiger partial charge in [-0.2, -0.15) is 13.2 Å². The van der Waals surface area contributed by atoms with E-state index in [1.165, 1.54) is 0 Å². The molecule has 0 heterocycles. The molecule has 0 unspecified atom stereocenters. The molecule has 0 bridgehead atoms. The summed E-state index contributed by atoms with van der Waals surface area (Å²) in [5.74, 6) is -0.804. The Morgan fingerprint density at radius 1 is 1.32 bits per heavy atom. The Kier molecular flexibility index (Phi) is 5.56. The summed E-state index contributed by atoms with van der Waals surface area (Å²) in [5, 5.41) is 2.39. The van der Waals surface area contributed by atoms with Crippen molar-refractivity contribution < 1.29 is 22.8 Å². The molecule has 1 amide bonds. The van der Waals surface area contributed by atoms with Crippen molar-refractivity contribution in [2.24, 2.45) is 21.3 Å². The third-order valence-electron chi connectivity index (χ3n) is 3.82. The molecule has 0 aromatic rings. The number of hydrogen-bond acceptors (Lipinski definition) is 5. The number of halogens is 3. The predicted molar refractivity (Wildman–Crippen MR) is 73.0 cm³/mol. The highest BCUT2D eigenvalue weighted by Gasteiger charge is 2.41. The number of amides is 1. The zero-order valence-electron chi connectivity index (χ0n) is 11.9. The monoisotopic (exact) mass is 319 g/mol. The molecule has 1 rings (SSSR count). The summed E-state index contributed by atoms with van der Waals surface area (Å²) in [4.78, 5) is 36.0. The van der Waals surface area contributed by atoms with E-state index in [0.29, 0.717) is 6.20 Å². The number of aliphatic imine (C=N–C) groups is 1. The third kappa shape index (κ3) is 3.99. The molecule has 0 spiro atoms. The highest BCUT2D eigenvalue weighted by Crippen LogP contribution is 2.38. The third-order valence-corrected chi connectivity index (χ3v) is 3.82. The van der Waals surface area contributed by atoms with Crippen LogP contribution in [-0.4, -0.2) is 30.1 Å². The summed E-state index contributed by atoms with van der Waals surface area (Å²) >= 11 is 0. The minimum atomic E-state index is -4.80. The molecular weight excluding hydrogens is 303 g/mol. The van der Waals surface area contributed by atoms with Crippen molar-refractivity contribution in [1.29, 1.82) is 0 Å². The molecule has 0 radical (unpaired) electrons. The molecule has 122 valence electrons. The van der Waals surface area contributed by atoms with Gasteiger partial charge in [0.05, 0.1) is 17.0 Å². The molecule has 1 aliphatic rings. The fraction of sp³-hybridized carbons (Fsp3) is 0.615. The molecule has 2 N–H and O–H groups in total. The van der Waals surface area contributed by atoms with Gasteiger partial charge >= 0.3 is 6.18 Å². The Bertz CT molecular complexity index is 518. The Morgan fingerprint density at radius 2 is 1.86 bits per heavy atom. The van der Waals surface area contributed by atoms with Crippen LogP contribution in [-0.2, 0) is 9.59 Å². The number of aldehydes is 1. The van der Waals surface area contributed by atoms with Gasteiger partial charge in [-0.15, -0.1) is 4.91 Å². The van der Waals surface area contributed by atoms with Crippen LogP contribution in [0.25, 0.3) is 0 Å². The number of nitrogens with zero attached hydrogens (tertiary/aromatic N) is 2. The van der Waals surface area contributed by atoms with Crippen LogP contribution >= 0.6 is 0 Å². The van der Waals surface area contributed by atoms with Crippen LogP contribution in [0.4, 0.5) is 13.2 Å². The van der Waals surface area contributed by atoms with Gasteiger partial charge in [-0.05, 0) is 25.7 Å². The smallest absolute Gasteiger partial charge is 0.404 e. The molecule has 0 atom stereocenters. The van der Waals surface area contributed by atoms with Gasteiger partial charge in [-0.3, -0.25) is 14.6 Å². The molecule has 1 fully saturated rings. The van der Waals surface area contributed by atoms with E-state index in [1.807, 2.05) is 0 Å². The van der Waals surface area contributed by atoms with Gasteiger partial charge in [0.2, 0.25) is 0 Å². The standard InChI is InChI=1S/C13H16F3N3O3/c1-12(11(21)19-22)4-2-9(3-5-12)18-10(13(14,15)16)8(6-17)7-20/h6-7,9H,2-5,17H2,1H3. The van der Waals surface area contributed by atoms with Crippen LogP contribution in [0.3, 0.4) is 0 Å². The molecule has 22 heavy (non-hydrogen) atoms. The van der Waals surface area contributed by atoms with Crippen molar-refractivity contribution >= 4 is 17.9 Å². The van der Waals surface area contributed by atoms with E-state index in [-0.39, 0.29) is 32.0 Å². The molecule has 1 aliphatic carbocycles. The SMILES string of the molecule is CC1(C(=O)N=O)CCC(N=C(C(C=O)=CN)C(F)(F)F)CC1. The first-order chi connectivity index (χ1) is 10.2. The molecule has 6 nitrogen and oxygen atoms in total. The summed E-state index contributed by atoms with van der Waals surface area (Å²) in [6, 6.07) is -0.695. The number of carbonyl (C=O) groups is 2. The van der Waals surface area contributed by atoms with Gasteiger partial charge in [0.15, 0.2) is 12.0 Å². The van der Waals surface area contributed by atoms with E-state index in [2.05, 4.69) is 10.2 Å². The lowest BCUT2D eigenvalue weighted by molar-refractivity contribution is -0.128. The second-order valence-corrected chi connectivity index (χ2v) is 5.40. The van der Waals surface area contributed by atoms with Gasteiger partial charge in [-0.25, -0.2) is 0 Å². The Hall–Kier alpha value is -2.06. The molecule has 0 saturated heterocycles. The van der Waals surface area contributed by atoms with Crippen LogP contribution < -0.4 is 5.73 Å². The van der Waals surface area contributed by atoms with Gasteiger partial charge in [0, 0.05) is 11.4 Å². The van der Waals surface area contributed by atoms with Crippen molar-refractivity contribution in [1.82, 2.24) is 0 Å². The number of hydrogen-bond donors (Lipinski definition) is 1. The van der Waals surface area contributed by atoms with Crippen LogP contribution in [0.1, 0.15) is 32.6 Å². The van der Waals surface area contributed by atoms with E-state index in [4.69, 9.17) is 5.73 Å². The summed E-state index contributed by atoms with van der Waals surface area (Å²) in [5.41, 5.74) is 2.01. The maximum absolute atomic E-state index is 12.9. The minimum Gasteiger partial charge on any atom is -0.404 e. The summed E-state index contributed by atoms with van der Waals surface area (Å²) in [6.07, 6.45) is -3.44. The summed E-state index contributed by atoms with van der Waals surface area (Å²) in [7, 11) is 0. The number of nitrogens with two attached hydrogens (primary N) is 1. The summed E-state index contributed by atoms with van der Waals surface area (Å²) in [6.45, 7) is 1.55. The average molecular weight is 319 g/mol. The van der Waals surface area contributed by atoms with E-state index >= 15 is 0 Å². The number of nitroso groups, excluding NO2 is 1. The van der Waals surface area contributed by atoms with Crippen LogP contribution in [0.2, 0.25) is 0 Å². The second kappa shape index (κ2) is 6.80. The zero-order valence-corrected chi connectivity index (χ0v) is 11.9. The van der Waals surface area contributed by atoms with Crippen molar-refractivity contribution in [3.63, 3.8) is 0 Å². The van der Waals surface area contributed by atoms with E-state index in [0.717, 1.165) is 0 Å². The van der Waals surface area contributed by atoms with E-state index in [1.54, 1.807) is 6.92 Å². The first-order valence-corrected chi connectivity index (χ1v) is 6.58. The Morgan fingerprint density at radius 3 is 2.23 bits per heavy atom. The molecule has 0 aliphatic heterocycles. The van der Waals surface area contributed by atoms with Crippen LogP contribution in [0.15, 0.2) is 21.9 Å².